The Morgan fingerprint density at radius 2 is 1.82 bits per heavy atom. The van der Waals surface area contributed by atoms with Crippen LogP contribution in [0.5, 0.6) is 5.75 Å². The second-order valence-corrected chi connectivity index (χ2v) is 6.68. The Morgan fingerprint density at radius 3 is 2.43 bits per heavy atom. The first-order valence-corrected chi connectivity index (χ1v) is 8.86. The normalized spacial score (nSPS) is 11.3. The van der Waals surface area contributed by atoms with Crippen molar-refractivity contribution in [1.29, 1.82) is 0 Å². The maximum absolute atomic E-state index is 12.9. The van der Waals surface area contributed by atoms with Gasteiger partial charge in [-0.2, -0.15) is 13.2 Å². The first-order chi connectivity index (χ1) is 12.8. The summed E-state index contributed by atoms with van der Waals surface area (Å²) in [5.41, 5.74) is -0.150. The number of thioether (sulfide) groups is 1. The fourth-order valence-electron chi connectivity index (χ4n) is 2.39. The first kappa shape index (κ1) is 22.5. The van der Waals surface area contributed by atoms with Crippen LogP contribution in [0.2, 0.25) is 0 Å². The Labute approximate surface area is 183 Å². The third kappa shape index (κ3) is 5.19. The number of alkyl halides is 3. The van der Waals surface area contributed by atoms with Crippen LogP contribution in [-0.2, 0) is 0 Å². The van der Waals surface area contributed by atoms with Gasteiger partial charge >= 0.3 is 6.18 Å². The summed E-state index contributed by atoms with van der Waals surface area (Å²) in [5.74, 6) is 0.661. The van der Waals surface area contributed by atoms with Crippen molar-refractivity contribution in [3.05, 3.63) is 57.1 Å². The predicted octanol–water partition coefficient (Wildman–Crippen LogP) is 2.75. The molecule has 0 amide bonds. The molecular formula is C17H14F3N3NaO3S. The number of nitrogens with one attached hydrogen (secondary N) is 1. The molecule has 0 saturated carbocycles. The topological polar surface area (TPSA) is 77.0 Å². The molecule has 1 radical (unpaired) electrons. The van der Waals surface area contributed by atoms with Crippen LogP contribution in [0.4, 0.5) is 13.2 Å². The molecule has 0 atom stereocenters. The minimum atomic E-state index is -4.43. The molecular weight excluding hydrogens is 406 g/mol. The number of fused-ring (bicyclic) bond motifs is 1. The van der Waals surface area contributed by atoms with E-state index >= 15 is 0 Å². The van der Waals surface area contributed by atoms with Crippen molar-refractivity contribution in [3.8, 4) is 11.4 Å². The molecule has 0 fully saturated rings. The van der Waals surface area contributed by atoms with Crippen molar-refractivity contribution in [2.24, 2.45) is 0 Å². The molecule has 2 aromatic heterocycles. The van der Waals surface area contributed by atoms with Crippen LogP contribution in [-0.4, -0.2) is 62.6 Å². The van der Waals surface area contributed by atoms with Gasteiger partial charge in [0, 0.05) is 35.6 Å². The zero-order valence-corrected chi connectivity index (χ0v) is 17.9. The fraction of sp³-hybridized carbons (Fsp3) is 0.235. The monoisotopic (exact) mass is 420 g/mol. The summed E-state index contributed by atoms with van der Waals surface area (Å²) in [6.45, 7) is 0.487. The summed E-state index contributed by atoms with van der Waals surface area (Å²) >= 11 is 1.30. The molecule has 28 heavy (non-hydrogen) atoms. The van der Waals surface area contributed by atoms with E-state index in [2.05, 4.69) is 14.7 Å². The van der Waals surface area contributed by atoms with E-state index in [9.17, 15) is 22.8 Å². The summed E-state index contributed by atoms with van der Waals surface area (Å²) in [7, 11) is 0. The van der Waals surface area contributed by atoms with E-state index in [0.717, 1.165) is 0 Å². The Kier molecular flexibility index (Phi) is 7.38. The van der Waals surface area contributed by atoms with Gasteiger partial charge < -0.3 is 9.72 Å². The molecule has 0 bridgehead atoms. The minimum Gasteiger partial charge on any atom is -0.484 e. The van der Waals surface area contributed by atoms with E-state index < -0.39 is 18.3 Å². The fourth-order valence-corrected chi connectivity index (χ4v) is 3.12. The maximum Gasteiger partial charge on any atom is 0.422 e. The third-order valence-corrected chi connectivity index (χ3v) is 4.32. The summed E-state index contributed by atoms with van der Waals surface area (Å²) in [6, 6.07) is 8.28. The molecule has 0 unspecified atom stereocenters. The summed E-state index contributed by atoms with van der Waals surface area (Å²) in [6.07, 6.45) is -4.43. The number of nitrogens with zero attached hydrogens (tertiary/aromatic N) is 2. The van der Waals surface area contributed by atoms with Crippen LogP contribution in [0.1, 0.15) is 6.92 Å². The molecule has 0 aliphatic carbocycles. The second kappa shape index (κ2) is 9.17. The summed E-state index contributed by atoms with van der Waals surface area (Å²) < 4.78 is 42.8. The number of H-pyrrole nitrogens is 1. The zero-order chi connectivity index (χ0) is 19.6. The van der Waals surface area contributed by atoms with E-state index in [1.54, 1.807) is 0 Å². The van der Waals surface area contributed by atoms with Crippen LogP contribution in [0.25, 0.3) is 16.7 Å². The van der Waals surface area contributed by atoms with E-state index in [4.69, 9.17) is 0 Å². The maximum atomic E-state index is 12.9. The molecule has 1 N–H and O–H groups in total. The van der Waals surface area contributed by atoms with Gasteiger partial charge in [0.25, 0.3) is 5.56 Å². The van der Waals surface area contributed by atoms with Crippen LogP contribution in [0, 0.1) is 0 Å². The summed E-state index contributed by atoms with van der Waals surface area (Å²) in [4.78, 5) is 31.2. The number of halogens is 3. The van der Waals surface area contributed by atoms with Crippen LogP contribution >= 0.6 is 11.8 Å². The van der Waals surface area contributed by atoms with Crippen molar-refractivity contribution < 1.29 is 17.9 Å². The van der Waals surface area contributed by atoms with Gasteiger partial charge in [-0.05, 0) is 36.1 Å². The van der Waals surface area contributed by atoms with Crippen LogP contribution in [0.15, 0.2) is 51.1 Å². The molecule has 1 aromatic carbocycles. The number of hydrogen-bond donors (Lipinski definition) is 1. The third-order valence-electron chi connectivity index (χ3n) is 3.50. The number of benzene rings is 1. The van der Waals surface area contributed by atoms with Gasteiger partial charge in [0.05, 0.1) is 11.1 Å². The average Bonchev–Trinajstić information content (AvgIpc) is 2.60. The summed E-state index contributed by atoms with van der Waals surface area (Å²) in [5, 5.41) is 0.591. The number of ether oxygens (including phenoxy) is 1. The Bertz CT molecular complexity index is 1080. The number of pyridine rings is 1. The van der Waals surface area contributed by atoms with Gasteiger partial charge in [0.2, 0.25) is 5.56 Å². The molecule has 11 heteroatoms. The van der Waals surface area contributed by atoms with Gasteiger partial charge in [0.15, 0.2) is 11.8 Å². The Balaban J connectivity index is 0.00000280. The minimum absolute atomic E-state index is 0. The number of rotatable bonds is 5. The smallest absolute Gasteiger partial charge is 0.422 e. The van der Waals surface area contributed by atoms with Gasteiger partial charge in [-0.25, -0.2) is 4.98 Å². The first-order valence-electron chi connectivity index (χ1n) is 7.87. The molecule has 3 aromatic rings. The van der Waals surface area contributed by atoms with Crippen molar-refractivity contribution in [1.82, 2.24) is 14.5 Å². The van der Waals surface area contributed by atoms with Crippen molar-refractivity contribution in [2.45, 2.75) is 18.3 Å². The zero-order valence-electron chi connectivity index (χ0n) is 15.0. The Morgan fingerprint density at radius 1 is 1.14 bits per heavy atom. The van der Waals surface area contributed by atoms with E-state index in [1.165, 1.54) is 52.7 Å². The molecule has 0 aliphatic rings. The molecule has 6 nitrogen and oxygen atoms in total. The number of aromatic amines is 1. The predicted molar refractivity (Wildman–Crippen MR) is 102 cm³/mol. The van der Waals surface area contributed by atoms with Crippen LogP contribution < -0.4 is 15.9 Å². The number of hydrogen-bond acceptors (Lipinski definition) is 5. The van der Waals surface area contributed by atoms with Gasteiger partial charge in [-0.15, -0.1) is 0 Å². The van der Waals surface area contributed by atoms with E-state index in [-0.39, 0.29) is 51.9 Å². The van der Waals surface area contributed by atoms with Crippen molar-refractivity contribution in [3.63, 3.8) is 0 Å². The van der Waals surface area contributed by atoms with Crippen LogP contribution in [0.3, 0.4) is 0 Å². The molecule has 0 aliphatic heterocycles. The molecule has 3 rings (SSSR count). The second-order valence-electron chi connectivity index (χ2n) is 5.45. The van der Waals surface area contributed by atoms with Gasteiger partial charge in [-0.1, -0.05) is 18.7 Å². The number of aromatic nitrogens is 3. The standard InChI is InChI=1S/C17H14F3N3O3S.Na/c1-2-27-16-22-14-12(7-8-13(24)21-14)15(25)23(16)10-3-5-11(6-4-10)26-9-17(18,19)20;/h3-8H,2,9H2,1H3,(H,21,24);. The van der Waals surface area contributed by atoms with Crippen molar-refractivity contribution >= 4 is 52.4 Å². The largest absolute Gasteiger partial charge is 0.484 e. The van der Waals surface area contributed by atoms with Crippen molar-refractivity contribution in [2.75, 3.05) is 12.4 Å². The quantitative estimate of drug-likeness (QED) is 0.390. The average molecular weight is 420 g/mol. The van der Waals surface area contributed by atoms with E-state index in [0.29, 0.717) is 16.6 Å². The SMILES string of the molecule is CCSc1nc2[nH]c(=O)ccc2c(=O)n1-c1ccc(OCC(F)(F)F)cc1.[Na]. The van der Waals surface area contributed by atoms with Gasteiger partial charge in [0.1, 0.15) is 11.4 Å². The Hall–Kier alpha value is -1.75. The van der Waals surface area contributed by atoms with Gasteiger partial charge in [-0.3, -0.25) is 14.2 Å². The molecule has 0 saturated heterocycles. The van der Waals surface area contributed by atoms with E-state index in [1.807, 2.05) is 6.92 Å². The molecule has 0 spiro atoms. The molecule has 143 valence electrons. The molecule has 2 heterocycles.